The Labute approximate surface area is 107 Å². The van der Waals surface area contributed by atoms with Gasteiger partial charge in [-0.1, -0.05) is 24.9 Å². The number of nitro groups is 1. The first kappa shape index (κ1) is 12.5. The van der Waals surface area contributed by atoms with Gasteiger partial charge in [-0.05, 0) is 12.5 Å². The van der Waals surface area contributed by atoms with E-state index in [1.54, 1.807) is 0 Å². The number of aromatic nitrogens is 2. The Kier molecular flexibility index (Phi) is 3.29. The molecule has 2 aromatic heterocycles. The first-order valence-electron chi connectivity index (χ1n) is 5.39. The van der Waals surface area contributed by atoms with E-state index in [1.165, 1.54) is 18.3 Å². The molecule has 0 bridgehead atoms. The van der Waals surface area contributed by atoms with Gasteiger partial charge in [-0.25, -0.2) is 4.98 Å². The van der Waals surface area contributed by atoms with Gasteiger partial charge in [0.15, 0.2) is 0 Å². The standard InChI is InChI=1S/C11H10ClN3O3/c1-2-3-8-10(12)13-9-5-4-7(15(17)18)6-14(9)11(8)16/h4-6H,2-3H2,1H3. The minimum Gasteiger partial charge on any atom is -0.269 e. The van der Waals surface area contributed by atoms with Crippen molar-refractivity contribution in [3.8, 4) is 0 Å². The van der Waals surface area contributed by atoms with Gasteiger partial charge in [0.05, 0.1) is 16.7 Å². The van der Waals surface area contributed by atoms with Crippen molar-refractivity contribution < 1.29 is 4.92 Å². The predicted octanol–water partition coefficient (Wildman–Crippen LogP) is 2.21. The molecule has 0 saturated carbocycles. The molecule has 18 heavy (non-hydrogen) atoms. The van der Waals surface area contributed by atoms with Gasteiger partial charge in [0.2, 0.25) is 0 Å². The Balaban J connectivity index is 2.77. The summed E-state index contributed by atoms with van der Waals surface area (Å²) in [5.74, 6) is 0. The molecule has 0 saturated heterocycles. The molecule has 0 aliphatic carbocycles. The molecule has 0 amide bonds. The molecular weight excluding hydrogens is 258 g/mol. The summed E-state index contributed by atoms with van der Waals surface area (Å²) < 4.78 is 1.16. The Bertz CT molecular complexity index is 681. The van der Waals surface area contributed by atoms with Crippen LogP contribution in [0.4, 0.5) is 5.69 Å². The topological polar surface area (TPSA) is 77.5 Å². The van der Waals surface area contributed by atoms with Crippen molar-refractivity contribution in [1.82, 2.24) is 9.38 Å². The van der Waals surface area contributed by atoms with Gasteiger partial charge in [-0.2, -0.15) is 0 Å². The Morgan fingerprint density at radius 3 is 2.83 bits per heavy atom. The van der Waals surface area contributed by atoms with Crippen molar-refractivity contribution in [1.29, 1.82) is 0 Å². The van der Waals surface area contributed by atoms with Crippen LogP contribution in [0.2, 0.25) is 5.15 Å². The molecule has 0 unspecified atom stereocenters. The lowest BCUT2D eigenvalue weighted by molar-refractivity contribution is -0.385. The Morgan fingerprint density at radius 2 is 2.22 bits per heavy atom. The van der Waals surface area contributed by atoms with Gasteiger partial charge < -0.3 is 0 Å². The van der Waals surface area contributed by atoms with Crippen molar-refractivity contribution in [2.24, 2.45) is 0 Å². The van der Waals surface area contributed by atoms with E-state index >= 15 is 0 Å². The third kappa shape index (κ3) is 2.06. The number of rotatable bonds is 3. The summed E-state index contributed by atoms with van der Waals surface area (Å²) in [4.78, 5) is 26.3. The van der Waals surface area contributed by atoms with Crippen LogP contribution in [0.1, 0.15) is 18.9 Å². The summed E-state index contributed by atoms with van der Waals surface area (Å²) in [5.41, 5.74) is 0.180. The van der Waals surface area contributed by atoms with Crippen molar-refractivity contribution in [2.75, 3.05) is 0 Å². The van der Waals surface area contributed by atoms with Crippen LogP contribution in [0.5, 0.6) is 0 Å². The second-order valence-electron chi connectivity index (χ2n) is 3.81. The number of pyridine rings is 1. The van der Waals surface area contributed by atoms with Crippen molar-refractivity contribution >= 4 is 22.9 Å². The summed E-state index contributed by atoms with van der Waals surface area (Å²) in [6.07, 6.45) is 2.41. The van der Waals surface area contributed by atoms with Gasteiger partial charge >= 0.3 is 0 Å². The molecule has 0 aromatic carbocycles. The van der Waals surface area contributed by atoms with E-state index in [4.69, 9.17) is 11.6 Å². The van der Waals surface area contributed by atoms with Gasteiger partial charge in [-0.3, -0.25) is 19.3 Å². The first-order valence-corrected chi connectivity index (χ1v) is 5.77. The minimum absolute atomic E-state index is 0.156. The summed E-state index contributed by atoms with van der Waals surface area (Å²) in [6.45, 7) is 1.91. The Hall–Kier alpha value is -1.95. The molecule has 0 spiro atoms. The fourth-order valence-electron chi connectivity index (χ4n) is 1.71. The predicted molar refractivity (Wildman–Crippen MR) is 67.1 cm³/mol. The third-order valence-corrected chi connectivity index (χ3v) is 2.87. The number of hydrogen-bond donors (Lipinski definition) is 0. The number of nitrogens with zero attached hydrogens (tertiary/aromatic N) is 3. The van der Waals surface area contributed by atoms with E-state index in [0.717, 1.165) is 10.8 Å². The van der Waals surface area contributed by atoms with Gasteiger partial charge in [-0.15, -0.1) is 0 Å². The maximum Gasteiger partial charge on any atom is 0.286 e. The zero-order valence-corrected chi connectivity index (χ0v) is 10.3. The van der Waals surface area contributed by atoms with Crippen LogP contribution in [0.15, 0.2) is 23.1 Å². The highest BCUT2D eigenvalue weighted by molar-refractivity contribution is 6.30. The summed E-state index contributed by atoms with van der Waals surface area (Å²) in [6, 6.07) is 2.69. The number of fused-ring (bicyclic) bond motifs is 1. The van der Waals surface area contributed by atoms with Crippen LogP contribution < -0.4 is 5.56 Å². The van der Waals surface area contributed by atoms with Crippen LogP contribution in [-0.4, -0.2) is 14.3 Å². The first-order chi connectivity index (χ1) is 8.54. The second-order valence-corrected chi connectivity index (χ2v) is 4.17. The summed E-state index contributed by atoms with van der Waals surface area (Å²) in [7, 11) is 0. The van der Waals surface area contributed by atoms with Crippen LogP contribution >= 0.6 is 11.6 Å². The summed E-state index contributed by atoms with van der Waals surface area (Å²) >= 11 is 5.93. The number of hydrogen-bond acceptors (Lipinski definition) is 4. The summed E-state index contributed by atoms with van der Waals surface area (Å²) in [5, 5.41) is 10.8. The molecule has 6 nitrogen and oxygen atoms in total. The Morgan fingerprint density at radius 1 is 1.50 bits per heavy atom. The third-order valence-electron chi connectivity index (χ3n) is 2.56. The SMILES string of the molecule is CCCc1c(Cl)nc2ccc([N+](=O)[O-])cn2c1=O. The minimum atomic E-state index is -0.556. The lowest BCUT2D eigenvalue weighted by Crippen LogP contribution is -2.20. The molecule has 0 aliphatic heterocycles. The van der Waals surface area contributed by atoms with Crippen LogP contribution in [-0.2, 0) is 6.42 Å². The molecule has 2 aromatic rings. The second kappa shape index (κ2) is 4.73. The highest BCUT2D eigenvalue weighted by Gasteiger charge is 2.13. The maximum absolute atomic E-state index is 12.1. The van der Waals surface area contributed by atoms with E-state index in [-0.39, 0.29) is 16.4 Å². The highest BCUT2D eigenvalue weighted by atomic mass is 35.5. The normalized spacial score (nSPS) is 10.8. The monoisotopic (exact) mass is 267 g/mol. The van der Waals surface area contributed by atoms with E-state index in [9.17, 15) is 14.9 Å². The molecule has 2 heterocycles. The fraction of sp³-hybridized carbons (Fsp3) is 0.273. The largest absolute Gasteiger partial charge is 0.286 e. The van der Waals surface area contributed by atoms with Crippen LogP contribution in [0.3, 0.4) is 0 Å². The van der Waals surface area contributed by atoms with E-state index in [1.807, 2.05) is 6.92 Å². The van der Waals surface area contributed by atoms with Crippen LogP contribution in [0.25, 0.3) is 5.65 Å². The molecule has 0 aliphatic rings. The van der Waals surface area contributed by atoms with Gasteiger partial charge in [0.25, 0.3) is 11.2 Å². The lowest BCUT2D eigenvalue weighted by atomic mass is 10.2. The zero-order chi connectivity index (χ0) is 13.3. The van der Waals surface area contributed by atoms with E-state index in [2.05, 4.69) is 4.98 Å². The zero-order valence-electron chi connectivity index (χ0n) is 9.59. The molecule has 94 valence electrons. The van der Waals surface area contributed by atoms with Gasteiger partial charge in [0, 0.05) is 6.07 Å². The average molecular weight is 268 g/mol. The molecule has 0 atom stereocenters. The maximum atomic E-state index is 12.1. The highest BCUT2D eigenvalue weighted by Crippen LogP contribution is 2.15. The molecule has 2 rings (SSSR count). The van der Waals surface area contributed by atoms with Crippen molar-refractivity contribution in [3.63, 3.8) is 0 Å². The lowest BCUT2D eigenvalue weighted by Gasteiger charge is -2.05. The molecule has 0 N–H and O–H groups in total. The van der Waals surface area contributed by atoms with Crippen molar-refractivity contribution in [2.45, 2.75) is 19.8 Å². The molecule has 0 radical (unpaired) electrons. The number of halogens is 1. The van der Waals surface area contributed by atoms with Crippen molar-refractivity contribution in [3.05, 3.63) is 49.5 Å². The van der Waals surface area contributed by atoms with Crippen LogP contribution in [0, 0.1) is 10.1 Å². The smallest absolute Gasteiger partial charge is 0.269 e. The average Bonchev–Trinajstić information content (AvgIpc) is 2.34. The molecule has 7 heteroatoms. The van der Waals surface area contributed by atoms with Gasteiger partial charge in [0.1, 0.15) is 10.8 Å². The molecule has 0 fully saturated rings. The quantitative estimate of drug-likeness (QED) is 0.485. The van der Waals surface area contributed by atoms with E-state index < -0.39 is 4.92 Å². The molecular formula is C11H10ClN3O3. The van der Waals surface area contributed by atoms with E-state index in [0.29, 0.717) is 17.6 Å². The fourth-order valence-corrected chi connectivity index (χ4v) is 1.97.